The summed E-state index contributed by atoms with van der Waals surface area (Å²) in [5.74, 6) is 0. The smallest absolute Gasteiger partial charge is 0.0415 e. The molecule has 80 valence electrons. The summed E-state index contributed by atoms with van der Waals surface area (Å²) in [7, 11) is 2.04. The van der Waals surface area contributed by atoms with Gasteiger partial charge in [0.1, 0.15) is 0 Å². The van der Waals surface area contributed by atoms with Crippen molar-refractivity contribution < 1.29 is 0 Å². The molecule has 0 aliphatic carbocycles. The summed E-state index contributed by atoms with van der Waals surface area (Å²) in [4.78, 5) is 2.92. The SMILES string of the molecule is CNC(CCc1cccs1)c1cccs1. The number of aryl methyl sites for hydroxylation is 1. The molecule has 2 aromatic rings. The highest BCUT2D eigenvalue weighted by molar-refractivity contribution is 7.10. The van der Waals surface area contributed by atoms with E-state index in [9.17, 15) is 0 Å². The van der Waals surface area contributed by atoms with Gasteiger partial charge in [-0.25, -0.2) is 0 Å². The van der Waals surface area contributed by atoms with Crippen molar-refractivity contribution >= 4 is 22.7 Å². The van der Waals surface area contributed by atoms with E-state index >= 15 is 0 Å². The van der Waals surface area contributed by atoms with Gasteiger partial charge in [0.2, 0.25) is 0 Å². The second-order valence-electron chi connectivity index (χ2n) is 3.47. The highest BCUT2D eigenvalue weighted by atomic mass is 32.1. The van der Waals surface area contributed by atoms with Crippen molar-refractivity contribution in [2.45, 2.75) is 18.9 Å². The van der Waals surface area contributed by atoms with Crippen molar-refractivity contribution in [2.24, 2.45) is 0 Å². The number of nitrogens with one attached hydrogen (secondary N) is 1. The molecule has 0 saturated carbocycles. The van der Waals surface area contributed by atoms with Gasteiger partial charge in [0.05, 0.1) is 0 Å². The summed E-state index contributed by atoms with van der Waals surface area (Å²) in [6.45, 7) is 0. The molecule has 1 atom stereocenters. The Morgan fingerprint density at radius 2 is 2.00 bits per heavy atom. The fourth-order valence-electron chi connectivity index (χ4n) is 1.66. The van der Waals surface area contributed by atoms with Crippen LogP contribution >= 0.6 is 22.7 Å². The maximum absolute atomic E-state index is 3.38. The average Bonchev–Trinajstić information content (AvgIpc) is 2.90. The van der Waals surface area contributed by atoms with Crippen LogP contribution in [0.2, 0.25) is 0 Å². The van der Waals surface area contributed by atoms with Crippen molar-refractivity contribution in [1.82, 2.24) is 5.32 Å². The topological polar surface area (TPSA) is 12.0 Å². The summed E-state index contributed by atoms with van der Waals surface area (Å²) >= 11 is 3.68. The number of hydrogen-bond acceptors (Lipinski definition) is 3. The minimum atomic E-state index is 0.507. The lowest BCUT2D eigenvalue weighted by atomic mass is 10.1. The maximum atomic E-state index is 3.38. The standard InChI is InChI=1S/C12H15NS2/c1-13-11(12-5-3-9-15-12)7-6-10-4-2-8-14-10/h2-5,8-9,11,13H,6-7H2,1H3. The average molecular weight is 237 g/mol. The van der Waals surface area contributed by atoms with Gasteiger partial charge in [-0.1, -0.05) is 12.1 Å². The Hall–Kier alpha value is -0.640. The predicted octanol–water partition coefficient (Wildman–Crippen LogP) is 3.70. The first-order chi connectivity index (χ1) is 7.40. The van der Waals surface area contributed by atoms with Crippen LogP contribution in [0.5, 0.6) is 0 Å². The van der Waals surface area contributed by atoms with Gasteiger partial charge < -0.3 is 5.32 Å². The fourth-order valence-corrected chi connectivity index (χ4v) is 3.26. The van der Waals surface area contributed by atoms with E-state index in [0.29, 0.717) is 6.04 Å². The van der Waals surface area contributed by atoms with Crippen LogP contribution < -0.4 is 5.32 Å². The highest BCUT2D eigenvalue weighted by Gasteiger charge is 2.09. The third-order valence-corrected chi connectivity index (χ3v) is 4.42. The van der Waals surface area contributed by atoms with Crippen molar-refractivity contribution in [2.75, 3.05) is 7.05 Å². The van der Waals surface area contributed by atoms with Crippen LogP contribution in [0, 0.1) is 0 Å². The van der Waals surface area contributed by atoms with E-state index in [1.807, 2.05) is 29.7 Å². The van der Waals surface area contributed by atoms with Crippen LogP contribution in [0.3, 0.4) is 0 Å². The maximum Gasteiger partial charge on any atom is 0.0415 e. The summed E-state index contributed by atoms with van der Waals surface area (Å²) < 4.78 is 0. The van der Waals surface area contributed by atoms with Gasteiger partial charge in [0.15, 0.2) is 0 Å². The fraction of sp³-hybridized carbons (Fsp3) is 0.333. The molecule has 0 radical (unpaired) electrons. The van der Waals surface area contributed by atoms with E-state index < -0.39 is 0 Å². The molecular weight excluding hydrogens is 222 g/mol. The first kappa shape index (κ1) is 10.9. The molecule has 2 heterocycles. The molecular formula is C12H15NS2. The summed E-state index contributed by atoms with van der Waals surface area (Å²) in [6.07, 6.45) is 2.35. The Balaban J connectivity index is 1.92. The van der Waals surface area contributed by atoms with Gasteiger partial charge in [-0.15, -0.1) is 22.7 Å². The van der Waals surface area contributed by atoms with Crippen molar-refractivity contribution in [3.63, 3.8) is 0 Å². The second kappa shape index (κ2) is 5.45. The highest BCUT2D eigenvalue weighted by Crippen LogP contribution is 2.24. The molecule has 0 saturated heterocycles. The minimum absolute atomic E-state index is 0.507. The van der Waals surface area contributed by atoms with E-state index in [0.717, 1.165) is 0 Å². The summed E-state index contributed by atoms with van der Waals surface area (Å²) in [5.41, 5.74) is 0. The van der Waals surface area contributed by atoms with E-state index in [1.54, 1.807) is 0 Å². The molecule has 0 aromatic carbocycles. The molecule has 0 aliphatic heterocycles. The van der Waals surface area contributed by atoms with Crippen LogP contribution in [0.1, 0.15) is 22.2 Å². The normalized spacial score (nSPS) is 12.9. The molecule has 2 aromatic heterocycles. The first-order valence-corrected chi connectivity index (χ1v) is 6.89. The van der Waals surface area contributed by atoms with Crippen LogP contribution in [0.4, 0.5) is 0 Å². The minimum Gasteiger partial charge on any atom is -0.312 e. The second-order valence-corrected chi connectivity index (χ2v) is 5.49. The van der Waals surface area contributed by atoms with E-state index in [-0.39, 0.29) is 0 Å². The van der Waals surface area contributed by atoms with Gasteiger partial charge in [-0.05, 0) is 42.8 Å². The molecule has 1 nitrogen and oxygen atoms in total. The lowest BCUT2D eigenvalue weighted by Gasteiger charge is -2.13. The molecule has 0 bridgehead atoms. The van der Waals surface area contributed by atoms with Gasteiger partial charge in [0.25, 0.3) is 0 Å². The number of thiophene rings is 2. The van der Waals surface area contributed by atoms with Gasteiger partial charge >= 0.3 is 0 Å². The van der Waals surface area contributed by atoms with E-state index in [1.165, 1.54) is 22.6 Å². The quantitative estimate of drug-likeness (QED) is 0.836. The summed E-state index contributed by atoms with van der Waals surface area (Å²) in [5, 5.41) is 7.67. The Morgan fingerprint density at radius 1 is 1.20 bits per heavy atom. The molecule has 15 heavy (non-hydrogen) atoms. The van der Waals surface area contributed by atoms with Crippen LogP contribution in [0.15, 0.2) is 35.0 Å². The number of rotatable bonds is 5. The molecule has 0 aliphatic rings. The van der Waals surface area contributed by atoms with E-state index in [4.69, 9.17) is 0 Å². The lowest BCUT2D eigenvalue weighted by Crippen LogP contribution is -2.15. The molecule has 0 spiro atoms. The Kier molecular flexibility index (Phi) is 3.94. The molecule has 0 fully saturated rings. The molecule has 0 amide bonds. The zero-order valence-electron chi connectivity index (χ0n) is 8.77. The van der Waals surface area contributed by atoms with Gasteiger partial charge in [0, 0.05) is 15.8 Å². The molecule has 1 unspecified atom stereocenters. The van der Waals surface area contributed by atoms with Crippen LogP contribution in [0.25, 0.3) is 0 Å². The summed E-state index contributed by atoms with van der Waals surface area (Å²) in [6, 6.07) is 9.17. The van der Waals surface area contributed by atoms with Gasteiger partial charge in [-0.3, -0.25) is 0 Å². The lowest BCUT2D eigenvalue weighted by molar-refractivity contribution is 0.560. The molecule has 2 rings (SSSR count). The molecule has 1 N–H and O–H groups in total. The molecule has 3 heteroatoms. The Labute approximate surface area is 98.8 Å². The Morgan fingerprint density at radius 3 is 2.60 bits per heavy atom. The third kappa shape index (κ3) is 2.91. The number of hydrogen-bond donors (Lipinski definition) is 1. The largest absolute Gasteiger partial charge is 0.312 e. The van der Waals surface area contributed by atoms with Crippen LogP contribution in [-0.4, -0.2) is 7.05 Å². The zero-order chi connectivity index (χ0) is 10.5. The monoisotopic (exact) mass is 237 g/mol. The van der Waals surface area contributed by atoms with Crippen LogP contribution in [-0.2, 0) is 6.42 Å². The van der Waals surface area contributed by atoms with E-state index in [2.05, 4.69) is 40.3 Å². The van der Waals surface area contributed by atoms with Gasteiger partial charge in [-0.2, -0.15) is 0 Å². The first-order valence-electron chi connectivity index (χ1n) is 5.13. The Bertz CT molecular complexity index is 364. The predicted molar refractivity (Wildman–Crippen MR) is 68.8 cm³/mol. The van der Waals surface area contributed by atoms with Crippen molar-refractivity contribution in [1.29, 1.82) is 0 Å². The third-order valence-electron chi connectivity index (χ3n) is 2.49. The van der Waals surface area contributed by atoms with Crippen molar-refractivity contribution in [3.05, 3.63) is 44.8 Å². The van der Waals surface area contributed by atoms with Crippen molar-refractivity contribution in [3.8, 4) is 0 Å². The zero-order valence-corrected chi connectivity index (χ0v) is 10.4.